The Morgan fingerprint density at radius 2 is 1.66 bits per heavy atom. The highest BCUT2D eigenvalue weighted by atomic mass is 16.5. The van der Waals surface area contributed by atoms with Crippen LogP contribution in [0.5, 0.6) is 0 Å². The van der Waals surface area contributed by atoms with Gasteiger partial charge >= 0.3 is 12.1 Å². The predicted octanol–water partition coefficient (Wildman–Crippen LogP) is 3.53. The number of aliphatic carboxylic acids is 1. The lowest BCUT2D eigenvalue weighted by atomic mass is 9.82. The lowest BCUT2D eigenvalue weighted by molar-refractivity contribution is -0.141. The third kappa shape index (κ3) is 3.98. The fourth-order valence-electron chi connectivity index (χ4n) is 4.65. The summed E-state index contributed by atoms with van der Waals surface area (Å²) in [5.41, 5.74) is 4.48. The molecule has 0 bridgehead atoms. The molecule has 152 valence electrons. The second-order valence-corrected chi connectivity index (χ2v) is 7.87. The molecule has 6 heteroatoms. The molecule has 2 aliphatic carbocycles. The van der Waals surface area contributed by atoms with Crippen LogP contribution in [0.1, 0.15) is 42.7 Å². The Morgan fingerprint density at radius 3 is 2.24 bits per heavy atom. The highest BCUT2D eigenvalue weighted by Gasteiger charge is 2.34. The number of ether oxygens (including phenoxy) is 1. The van der Waals surface area contributed by atoms with Gasteiger partial charge in [-0.3, -0.25) is 0 Å². The van der Waals surface area contributed by atoms with Crippen LogP contribution in [0.15, 0.2) is 48.5 Å². The Hall–Kier alpha value is -2.86. The van der Waals surface area contributed by atoms with Crippen molar-refractivity contribution in [2.45, 2.75) is 43.7 Å². The van der Waals surface area contributed by atoms with Crippen molar-refractivity contribution in [1.82, 2.24) is 5.32 Å². The van der Waals surface area contributed by atoms with Crippen LogP contribution in [-0.2, 0) is 9.53 Å². The maximum Gasteiger partial charge on any atom is 0.407 e. The number of hydrogen-bond donors (Lipinski definition) is 3. The summed E-state index contributed by atoms with van der Waals surface area (Å²) in [6.45, 7) is 0.138. The molecule has 0 aliphatic heterocycles. The maximum atomic E-state index is 12.4. The molecule has 0 saturated heterocycles. The van der Waals surface area contributed by atoms with E-state index < -0.39 is 24.2 Å². The number of benzene rings is 2. The minimum atomic E-state index is -1.10. The van der Waals surface area contributed by atoms with Gasteiger partial charge in [-0.15, -0.1) is 0 Å². The molecule has 2 aromatic carbocycles. The van der Waals surface area contributed by atoms with E-state index in [0.717, 1.165) is 28.7 Å². The summed E-state index contributed by atoms with van der Waals surface area (Å²) in [6, 6.07) is 15.0. The molecule has 0 heterocycles. The van der Waals surface area contributed by atoms with Crippen molar-refractivity contribution in [1.29, 1.82) is 0 Å². The molecule has 3 N–H and O–H groups in total. The van der Waals surface area contributed by atoms with Gasteiger partial charge in [0.2, 0.25) is 0 Å². The molecule has 0 radical (unpaired) electrons. The number of hydrogen-bond acceptors (Lipinski definition) is 4. The van der Waals surface area contributed by atoms with Crippen LogP contribution in [0, 0.1) is 5.92 Å². The molecule has 2 aliphatic rings. The quantitative estimate of drug-likeness (QED) is 0.720. The van der Waals surface area contributed by atoms with Gasteiger partial charge in [-0.2, -0.15) is 0 Å². The smallest absolute Gasteiger partial charge is 0.407 e. The van der Waals surface area contributed by atoms with Crippen LogP contribution in [0.3, 0.4) is 0 Å². The zero-order chi connectivity index (χ0) is 20.4. The first-order valence-corrected chi connectivity index (χ1v) is 10.1. The number of amides is 1. The average molecular weight is 395 g/mol. The molecule has 0 aromatic heterocycles. The van der Waals surface area contributed by atoms with Crippen LogP contribution in [0.4, 0.5) is 4.79 Å². The molecular weight excluding hydrogens is 370 g/mol. The molecular formula is C23H25NO5. The second-order valence-electron chi connectivity index (χ2n) is 7.87. The number of carboxylic acid groups (broad SMARTS) is 1. The Labute approximate surface area is 169 Å². The van der Waals surface area contributed by atoms with Crippen molar-refractivity contribution in [3.8, 4) is 11.1 Å². The lowest BCUT2D eigenvalue weighted by Crippen LogP contribution is -2.48. The highest BCUT2D eigenvalue weighted by molar-refractivity contribution is 5.81. The number of carboxylic acids is 1. The molecule has 3 atom stereocenters. The molecule has 29 heavy (non-hydrogen) atoms. The van der Waals surface area contributed by atoms with Gasteiger partial charge in [-0.25, -0.2) is 9.59 Å². The number of aliphatic hydroxyl groups excluding tert-OH is 1. The van der Waals surface area contributed by atoms with E-state index in [1.54, 1.807) is 0 Å². The van der Waals surface area contributed by atoms with E-state index in [-0.39, 0.29) is 18.4 Å². The Kier molecular flexibility index (Phi) is 5.53. The summed E-state index contributed by atoms with van der Waals surface area (Å²) in [4.78, 5) is 24.1. The predicted molar refractivity (Wildman–Crippen MR) is 108 cm³/mol. The number of carbonyl (C=O) groups excluding carboxylic acids is 1. The summed E-state index contributed by atoms with van der Waals surface area (Å²) in [6.07, 6.45) is 1.22. The van der Waals surface area contributed by atoms with E-state index in [2.05, 4.69) is 17.4 Å². The molecule has 1 unspecified atom stereocenters. The Bertz CT molecular complexity index is 866. The third-order valence-electron chi connectivity index (χ3n) is 6.04. The van der Waals surface area contributed by atoms with Crippen molar-refractivity contribution < 1.29 is 24.5 Å². The van der Waals surface area contributed by atoms with E-state index in [0.29, 0.717) is 19.3 Å². The molecule has 2 aromatic rings. The van der Waals surface area contributed by atoms with Gasteiger partial charge < -0.3 is 20.3 Å². The van der Waals surface area contributed by atoms with Gasteiger partial charge in [0.1, 0.15) is 12.6 Å². The highest BCUT2D eigenvalue weighted by Crippen LogP contribution is 2.44. The zero-order valence-corrected chi connectivity index (χ0v) is 16.1. The average Bonchev–Trinajstić information content (AvgIpc) is 3.04. The Morgan fingerprint density at radius 1 is 1.03 bits per heavy atom. The topological polar surface area (TPSA) is 95.9 Å². The van der Waals surface area contributed by atoms with E-state index >= 15 is 0 Å². The van der Waals surface area contributed by atoms with Crippen LogP contribution in [-0.4, -0.2) is 41.0 Å². The lowest BCUT2D eigenvalue weighted by Gasteiger charge is -2.30. The number of nitrogens with one attached hydrogen (secondary N) is 1. The fraction of sp³-hybridized carbons (Fsp3) is 0.391. The molecule has 0 spiro atoms. The van der Waals surface area contributed by atoms with Crippen LogP contribution in [0.25, 0.3) is 11.1 Å². The normalized spacial score (nSPS) is 21.7. The summed E-state index contributed by atoms with van der Waals surface area (Å²) >= 11 is 0. The van der Waals surface area contributed by atoms with Crippen LogP contribution in [0.2, 0.25) is 0 Å². The second kappa shape index (κ2) is 8.25. The van der Waals surface area contributed by atoms with Crippen molar-refractivity contribution in [3.05, 3.63) is 59.7 Å². The van der Waals surface area contributed by atoms with E-state index in [1.165, 1.54) is 0 Å². The Balaban J connectivity index is 1.43. The van der Waals surface area contributed by atoms with Gasteiger partial charge in [0.25, 0.3) is 0 Å². The van der Waals surface area contributed by atoms with Gasteiger partial charge in [0, 0.05) is 5.92 Å². The van der Waals surface area contributed by atoms with E-state index in [4.69, 9.17) is 4.74 Å². The van der Waals surface area contributed by atoms with Crippen LogP contribution >= 0.6 is 0 Å². The fourth-order valence-corrected chi connectivity index (χ4v) is 4.65. The standard InChI is InChI=1S/C23H25NO5/c25-15-7-5-6-14(12-15)21(22(26)27)24-23(28)29-13-20-18-10-3-1-8-16(18)17-9-2-4-11-19(17)20/h1-4,8-11,14-15,20-21,25H,5-7,12-13H2,(H,24,28)(H,26,27)/t14-,15+,21?/m0/s1. The summed E-state index contributed by atoms with van der Waals surface area (Å²) in [5.74, 6) is -1.47. The SMILES string of the molecule is O=C(NC(C(=O)O)[C@H]1CCC[C@@H](O)C1)OCC1c2ccccc2-c2ccccc21. The molecule has 4 rings (SSSR count). The van der Waals surface area contributed by atoms with Crippen molar-refractivity contribution >= 4 is 12.1 Å². The maximum absolute atomic E-state index is 12.4. The van der Waals surface area contributed by atoms with E-state index in [1.807, 2.05) is 36.4 Å². The third-order valence-corrected chi connectivity index (χ3v) is 6.04. The minimum absolute atomic E-state index is 0.0760. The van der Waals surface area contributed by atoms with Gasteiger partial charge in [0.05, 0.1) is 6.10 Å². The number of aliphatic hydroxyl groups is 1. The minimum Gasteiger partial charge on any atom is -0.480 e. The molecule has 1 amide bonds. The summed E-state index contributed by atoms with van der Waals surface area (Å²) < 4.78 is 5.46. The first-order valence-electron chi connectivity index (χ1n) is 10.1. The van der Waals surface area contributed by atoms with Crippen molar-refractivity contribution in [2.75, 3.05) is 6.61 Å². The number of carbonyl (C=O) groups is 2. The van der Waals surface area contributed by atoms with Gasteiger partial charge in [-0.05, 0) is 47.4 Å². The largest absolute Gasteiger partial charge is 0.480 e. The number of rotatable bonds is 5. The monoisotopic (exact) mass is 395 g/mol. The molecule has 6 nitrogen and oxygen atoms in total. The first kappa shape index (κ1) is 19.5. The summed E-state index contributed by atoms with van der Waals surface area (Å²) in [5, 5.41) is 21.9. The zero-order valence-electron chi connectivity index (χ0n) is 16.1. The van der Waals surface area contributed by atoms with Gasteiger partial charge in [0.15, 0.2) is 0 Å². The van der Waals surface area contributed by atoms with Gasteiger partial charge in [-0.1, -0.05) is 55.0 Å². The molecule has 1 saturated carbocycles. The number of alkyl carbamates (subject to hydrolysis) is 1. The van der Waals surface area contributed by atoms with E-state index in [9.17, 15) is 19.8 Å². The van der Waals surface area contributed by atoms with Crippen molar-refractivity contribution in [3.63, 3.8) is 0 Å². The van der Waals surface area contributed by atoms with Crippen molar-refractivity contribution in [2.24, 2.45) is 5.92 Å². The first-order chi connectivity index (χ1) is 14.0. The van der Waals surface area contributed by atoms with Crippen LogP contribution < -0.4 is 5.32 Å². The summed E-state index contributed by atoms with van der Waals surface area (Å²) in [7, 11) is 0. The number of fused-ring (bicyclic) bond motifs is 3. The molecule has 1 fully saturated rings.